The molecule has 2 bridgehead atoms. The predicted molar refractivity (Wildman–Crippen MR) is 117 cm³/mol. The number of amides is 1. The zero-order chi connectivity index (χ0) is 21.9. The van der Waals surface area contributed by atoms with Gasteiger partial charge in [-0.1, -0.05) is 0 Å². The molecule has 1 atom stereocenters. The number of hydrogen-bond acceptors (Lipinski definition) is 4. The maximum absolute atomic E-state index is 14.3. The molecule has 2 aliphatic rings. The largest absolute Gasteiger partial charge is 0.363 e. The van der Waals surface area contributed by atoms with Crippen molar-refractivity contribution in [3.63, 3.8) is 0 Å². The standard InChI is InChI=1S/C24H26FN5O/c1-14-22-10-16(12-26-14)23-15(2)29(4)27-20(23)13-28(3)24(31)18-8-7-17(25)11-19(18)21-6-5-9-30(21)22/h7-8,10-12,21H,5-6,9,13H2,1-4H3/t21-/m1/s1. The van der Waals surface area contributed by atoms with Crippen molar-refractivity contribution in [3.8, 4) is 11.1 Å². The summed E-state index contributed by atoms with van der Waals surface area (Å²) in [5, 5.41) is 4.70. The highest BCUT2D eigenvalue weighted by atomic mass is 19.1. The van der Waals surface area contributed by atoms with Gasteiger partial charge in [-0.3, -0.25) is 14.5 Å². The Kier molecular flexibility index (Phi) is 4.57. The molecular formula is C24H26FN5O. The first kappa shape index (κ1) is 19.7. The minimum absolute atomic E-state index is 0.0623. The number of carbonyl (C=O) groups is 1. The fraction of sp³-hybridized carbons (Fsp3) is 0.375. The molecule has 1 amide bonds. The minimum Gasteiger partial charge on any atom is -0.363 e. The third kappa shape index (κ3) is 3.10. The predicted octanol–water partition coefficient (Wildman–Crippen LogP) is 4.17. The lowest BCUT2D eigenvalue weighted by Crippen LogP contribution is -2.31. The van der Waals surface area contributed by atoms with Crippen LogP contribution in [0.15, 0.2) is 30.5 Å². The lowest BCUT2D eigenvalue weighted by molar-refractivity contribution is 0.0781. The summed E-state index contributed by atoms with van der Waals surface area (Å²) in [6.45, 7) is 5.25. The minimum atomic E-state index is -0.320. The third-order valence-electron chi connectivity index (χ3n) is 6.65. The Hall–Kier alpha value is -3.22. The molecule has 0 aliphatic carbocycles. The molecule has 2 aliphatic heterocycles. The van der Waals surface area contributed by atoms with Crippen molar-refractivity contribution in [2.45, 2.75) is 39.3 Å². The summed E-state index contributed by atoms with van der Waals surface area (Å²) in [5.41, 5.74) is 7.14. The molecular weight excluding hydrogens is 393 g/mol. The van der Waals surface area contributed by atoms with E-state index in [4.69, 9.17) is 10.1 Å². The van der Waals surface area contributed by atoms with Gasteiger partial charge in [0.1, 0.15) is 5.82 Å². The molecule has 1 fully saturated rings. The van der Waals surface area contributed by atoms with E-state index in [1.54, 1.807) is 18.0 Å². The van der Waals surface area contributed by atoms with Gasteiger partial charge >= 0.3 is 0 Å². The van der Waals surface area contributed by atoms with Crippen molar-refractivity contribution in [2.24, 2.45) is 7.05 Å². The molecule has 3 aromatic rings. The average Bonchev–Trinajstić information content (AvgIpc) is 3.32. The number of anilines is 1. The first-order valence-corrected chi connectivity index (χ1v) is 10.7. The molecule has 7 heteroatoms. The fourth-order valence-electron chi connectivity index (χ4n) is 5.00. The Bertz CT molecular complexity index is 1200. The Balaban J connectivity index is 1.79. The van der Waals surface area contributed by atoms with Crippen LogP contribution in [0.25, 0.3) is 11.1 Å². The molecule has 1 saturated heterocycles. The van der Waals surface area contributed by atoms with Crippen LogP contribution in [-0.2, 0) is 13.6 Å². The smallest absolute Gasteiger partial charge is 0.254 e. The first-order chi connectivity index (χ1) is 14.8. The molecule has 1 aromatic carbocycles. The summed E-state index contributed by atoms with van der Waals surface area (Å²) < 4.78 is 16.2. The number of halogens is 1. The molecule has 0 N–H and O–H groups in total. The van der Waals surface area contributed by atoms with Gasteiger partial charge in [0.15, 0.2) is 0 Å². The zero-order valence-corrected chi connectivity index (χ0v) is 18.3. The molecule has 0 unspecified atom stereocenters. The molecule has 0 spiro atoms. The van der Waals surface area contributed by atoms with Crippen molar-refractivity contribution >= 4 is 11.6 Å². The van der Waals surface area contributed by atoms with E-state index < -0.39 is 0 Å². The van der Waals surface area contributed by atoms with E-state index in [2.05, 4.69) is 11.0 Å². The van der Waals surface area contributed by atoms with E-state index in [1.807, 2.05) is 31.8 Å². The van der Waals surface area contributed by atoms with Gasteiger partial charge in [0.25, 0.3) is 5.91 Å². The summed E-state index contributed by atoms with van der Waals surface area (Å²) in [6.07, 6.45) is 3.73. The first-order valence-electron chi connectivity index (χ1n) is 10.7. The highest BCUT2D eigenvalue weighted by Crippen LogP contribution is 2.41. The molecule has 6 nitrogen and oxygen atoms in total. The molecule has 0 saturated carbocycles. The van der Waals surface area contributed by atoms with Crippen LogP contribution in [-0.4, -0.2) is 39.2 Å². The molecule has 2 aromatic heterocycles. The number of pyridine rings is 1. The van der Waals surface area contributed by atoms with Crippen LogP contribution in [0.2, 0.25) is 0 Å². The summed E-state index contributed by atoms with van der Waals surface area (Å²) in [4.78, 5) is 22.1. The molecule has 31 heavy (non-hydrogen) atoms. The maximum Gasteiger partial charge on any atom is 0.254 e. The van der Waals surface area contributed by atoms with E-state index in [9.17, 15) is 9.18 Å². The van der Waals surface area contributed by atoms with Crippen molar-refractivity contribution in [2.75, 3.05) is 18.5 Å². The van der Waals surface area contributed by atoms with Crippen molar-refractivity contribution < 1.29 is 9.18 Å². The topological polar surface area (TPSA) is 54.3 Å². The van der Waals surface area contributed by atoms with Crippen molar-refractivity contribution in [1.82, 2.24) is 19.7 Å². The van der Waals surface area contributed by atoms with E-state index in [1.165, 1.54) is 12.1 Å². The van der Waals surface area contributed by atoms with E-state index in [-0.39, 0.29) is 17.8 Å². The second-order valence-electron chi connectivity index (χ2n) is 8.60. The van der Waals surface area contributed by atoms with E-state index >= 15 is 0 Å². The Morgan fingerprint density at radius 3 is 2.77 bits per heavy atom. The van der Waals surface area contributed by atoms with Crippen LogP contribution in [0.5, 0.6) is 0 Å². The third-order valence-corrected chi connectivity index (χ3v) is 6.65. The Labute approximate surface area is 181 Å². The zero-order valence-electron chi connectivity index (χ0n) is 18.3. The van der Waals surface area contributed by atoms with E-state index in [0.717, 1.165) is 58.8 Å². The monoisotopic (exact) mass is 419 g/mol. The average molecular weight is 420 g/mol. The van der Waals surface area contributed by atoms with Gasteiger partial charge in [-0.05, 0) is 56.5 Å². The summed E-state index contributed by atoms with van der Waals surface area (Å²) >= 11 is 0. The molecule has 5 rings (SSSR count). The Morgan fingerprint density at radius 1 is 1.16 bits per heavy atom. The number of rotatable bonds is 0. The van der Waals surface area contributed by atoms with E-state index in [0.29, 0.717) is 12.1 Å². The van der Waals surface area contributed by atoms with Gasteiger partial charge in [-0.15, -0.1) is 0 Å². The number of nitrogens with zero attached hydrogens (tertiary/aromatic N) is 5. The van der Waals surface area contributed by atoms with Crippen molar-refractivity contribution in [1.29, 1.82) is 0 Å². The highest BCUT2D eigenvalue weighted by molar-refractivity contribution is 5.96. The number of aromatic nitrogens is 3. The van der Waals surface area contributed by atoms with Gasteiger partial charge in [-0.25, -0.2) is 4.39 Å². The number of fused-ring (bicyclic) bond motifs is 8. The number of hydrogen-bond donors (Lipinski definition) is 0. The second kappa shape index (κ2) is 7.18. The number of aryl methyl sites for hydroxylation is 2. The molecule has 160 valence electrons. The second-order valence-corrected chi connectivity index (χ2v) is 8.60. The molecule has 4 heterocycles. The lowest BCUT2D eigenvalue weighted by Gasteiger charge is -2.31. The quantitative estimate of drug-likeness (QED) is 0.549. The Morgan fingerprint density at radius 2 is 1.97 bits per heavy atom. The van der Waals surface area contributed by atoms with Crippen LogP contribution in [0.4, 0.5) is 10.1 Å². The number of benzene rings is 1. The van der Waals surface area contributed by atoms with Gasteiger partial charge in [-0.2, -0.15) is 5.10 Å². The van der Waals surface area contributed by atoms with Gasteiger partial charge < -0.3 is 9.80 Å². The normalized spacial score (nSPS) is 18.2. The summed E-state index contributed by atoms with van der Waals surface area (Å²) in [7, 11) is 3.69. The maximum atomic E-state index is 14.3. The SMILES string of the molecule is Cc1ncc2cc1N1CCC[C@@H]1c1cc(F)ccc1C(=O)N(C)Cc1nn(C)c(C)c1-2. The van der Waals surface area contributed by atoms with Crippen LogP contribution in [0.1, 0.15) is 51.9 Å². The summed E-state index contributed by atoms with van der Waals surface area (Å²) in [6, 6.07) is 6.64. The van der Waals surface area contributed by atoms with Crippen LogP contribution < -0.4 is 4.90 Å². The van der Waals surface area contributed by atoms with Crippen LogP contribution in [0, 0.1) is 19.7 Å². The molecule has 0 radical (unpaired) electrons. The van der Waals surface area contributed by atoms with Crippen LogP contribution >= 0.6 is 0 Å². The number of carbonyl (C=O) groups excluding carboxylic acids is 1. The van der Waals surface area contributed by atoms with Crippen LogP contribution in [0.3, 0.4) is 0 Å². The van der Waals surface area contributed by atoms with Gasteiger partial charge in [0.2, 0.25) is 0 Å². The van der Waals surface area contributed by atoms with Gasteiger partial charge in [0, 0.05) is 49.2 Å². The van der Waals surface area contributed by atoms with Gasteiger partial charge in [0.05, 0.1) is 29.7 Å². The summed E-state index contributed by atoms with van der Waals surface area (Å²) in [5.74, 6) is -0.436. The lowest BCUT2D eigenvalue weighted by atomic mass is 9.95. The fourth-order valence-corrected chi connectivity index (χ4v) is 5.00. The highest BCUT2D eigenvalue weighted by Gasteiger charge is 2.33. The van der Waals surface area contributed by atoms with Crippen molar-refractivity contribution in [3.05, 3.63) is 64.5 Å².